The number of morpholine rings is 1. The third kappa shape index (κ3) is 3.57. The summed E-state index contributed by atoms with van der Waals surface area (Å²) in [5.41, 5.74) is 4.16. The number of oxime groups is 1. The highest BCUT2D eigenvalue weighted by atomic mass is 32.2. The molecule has 4 heterocycles. The number of nitrogens with zero attached hydrogens (tertiary/aromatic N) is 6. The van der Waals surface area contributed by atoms with Gasteiger partial charge in [-0.3, -0.25) is 9.38 Å². The number of hydrogen-bond donors (Lipinski definition) is 1. The van der Waals surface area contributed by atoms with Gasteiger partial charge >= 0.3 is 0 Å². The molecule has 3 aromatic heterocycles. The molecule has 0 aliphatic carbocycles. The van der Waals surface area contributed by atoms with E-state index in [4.69, 9.17) is 9.94 Å². The minimum atomic E-state index is 0.536. The topological polar surface area (TPSA) is 88.1 Å². The molecule has 1 N–H and O–H groups in total. The molecule has 0 unspecified atom stereocenters. The summed E-state index contributed by atoms with van der Waals surface area (Å²) in [6.07, 6.45) is 3.81. The first kappa shape index (κ1) is 18.8. The van der Waals surface area contributed by atoms with Crippen LogP contribution in [0, 0.1) is 0 Å². The van der Waals surface area contributed by atoms with Crippen LogP contribution in [0.1, 0.15) is 12.5 Å². The van der Waals surface area contributed by atoms with Crippen LogP contribution in [-0.2, 0) is 4.74 Å². The second-order valence-corrected chi connectivity index (χ2v) is 8.10. The Kier molecular flexibility index (Phi) is 4.97. The highest BCUT2D eigenvalue weighted by molar-refractivity contribution is 7.99. The molecule has 0 spiro atoms. The van der Waals surface area contributed by atoms with Gasteiger partial charge in [0.05, 0.1) is 36.3 Å². The summed E-state index contributed by atoms with van der Waals surface area (Å²) in [6, 6.07) is 12.1. The fourth-order valence-electron chi connectivity index (χ4n) is 3.47. The van der Waals surface area contributed by atoms with Gasteiger partial charge in [-0.15, -0.1) is 10.2 Å². The third-order valence-electron chi connectivity index (χ3n) is 5.16. The molecule has 0 amide bonds. The Morgan fingerprint density at radius 1 is 1.13 bits per heavy atom. The maximum Gasteiger partial charge on any atom is 0.200 e. The van der Waals surface area contributed by atoms with Crippen molar-refractivity contribution in [3.05, 3.63) is 54.4 Å². The van der Waals surface area contributed by atoms with E-state index in [-0.39, 0.29) is 0 Å². The SMILES string of the molecule is CC(=NO)c1ccc2nnc(Sc3ccc4ncc(N5CCOCC5)cc4c3)n2c1. The van der Waals surface area contributed by atoms with Crippen LogP contribution < -0.4 is 4.90 Å². The van der Waals surface area contributed by atoms with Gasteiger partial charge in [0, 0.05) is 35.1 Å². The van der Waals surface area contributed by atoms with Gasteiger partial charge in [0.25, 0.3) is 0 Å². The summed E-state index contributed by atoms with van der Waals surface area (Å²) in [5.74, 6) is 0. The highest BCUT2D eigenvalue weighted by Gasteiger charge is 2.13. The number of ether oxygens (including phenoxy) is 1. The van der Waals surface area contributed by atoms with Crippen molar-refractivity contribution in [2.75, 3.05) is 31.2 Å². The Hall–Kier alpha value is -3.17. The minimum absolute atomic E-state index is 0.536. The van der Waals surface area contributed by atoms with Crippen LogP contribution in [0.15, 0.2) is 64.0 Å². The van der Waals surface area contributed by atoms with Gasteiger partial charge < -0.3 is 14.8 Å². The van der Waals surface area contributed by atoms with Gasteiger partial charge in [-0.05, 0) is 55.1 Å². The summed E-state index contributed by atoms with van der Waals surface area (Å²) < 4.78 is 7.35. The normalized spacial score (nSPS) is 15.2. The van der Waals surface area contributed by atoms with Crippen LogP contribution in [0.2, 0.25) is 0 Å². The maximum atomic E-state index is 9.06. The Morgan fingerprint density at radius 3 is 2.83 bits per heavy atom. The molecule has 0 atom stereocenters. The number of hydrogen-bond acceptors (Lipinski definition) is 8. The largest absolute Gasteiger partial charge is 0.411 e. The van der Waals surface area contributed by atoms with Gasteiger partial charge in [0.1, 0.15) is 0 Å². The van der Waals surface area contributed by atoms with Crippen molar-refractivity contribution in [1.29, 1.82) is 0 Å². The van der Waals surface area contributed by atoms with Crippen LogP contribution in [0.25, 0.3) is 16.6 Å². The smallest absolute Gasteiger partial charge is 0.200 e. The molecule has 1 aliphatic rings. The average Bonchev–Trinajstić information content (AvgIpc) is 3.20. The van der Waals surface area contributed by atoms with E-state index in [1.165, 1.54) is 11.8 Å². The monoisotopic (exact) mass is 420 g/mol. The van der Waals surface area contributed by atoms with E-state index in [0.29, 0.717) is 5.71 Å². The fraction of sp³-hybridized carbons (Fsp3) is 0.238. The number of fused-ring (bicyclic) bond motifs is 2. The zero-order chi connectivity index (χ0) is 20.5. The van der Waals surface area contributed by atoms with E-state index < -0.39 is 0 Å². The zero-order valence-electron chi connectivity index (χ0n) is 16.4. The number of rotatable bonds is 4. The molecule has 8 nitrogen and oxygen atoms in total. The van der Waals surface area contributed by atoms with Crippen molar-refractivity contribution in [3.63, 3.8) is 0 Å². The number of anilines is 1. The Balaban J connectivity index is 1.47. The quantitative estimate of drug-likeness (QED) is 0.307. The van der Waals surface area contributed by atoms with Crippen LogP contribution in [0.5, 0.6) is 0 Å². The van der Waals surface area contributed by atoms with Crippen molar-refractivity contribution in [3.8, 4) is 0 Å². The molecule has 1 aliphatic heterocycles. The molecule has 0 bridgehead atoms. The first-order valence-electron chi connectivity index (χ1n) is 9.65. The van der Waals surface area contributed by atoms with Crippen molar-refractivity contribution in [2.45, 2.75) is 17.0 Å². The number of benzene rings is 1. The molecular formula is C21H20N6O2S. The lowest BCUT2D eigenvalue weighted by Gasteiger charge is -2.28. The van der Waals surface area contributed by atoms with Gasteiger partial charge in [-0.1, -0.05) is 5.16 Å². The molecule has 0 saturated carbocycles. The van der Waals surface area contributed by atoms with E-state index in [1.54, 1.807) is 6.92 Å². The van der Waals surface area contributed by atoms with Crippen molar-refractivity contribution in [2.24, 2.45) is 5.16 Å². The highest BCUT2D eigenvalue weighted by Crippen LogP contribution is 2.30. The lowest BCUT2D eigenvalue weighted by molar-refractivity contribution is 0.122. The molecule has 1 aromatic carbocycles. The van der Waals surface area contributed by atoms with E-state index in [0.717, 1.165) is 64.2 Å². The molecule has 9 heteroatoms. The molecule has 4 aromatic rings. The zero-order valence-corrected chi connectivity index (χ0v) is 17.2. The lowest BCUT2D eigenvalue weighted by Crippen LogP contribution is -2.36. The average molecular weight is 420 g/mol. The Morgan fingerprint density at radius 2 is 2.00 bits per heavy atom. The minimum Gasteiger partial charge on any atom is -0.411 e. The summed E-state index contributed by atoms with van der Waals surface area (Å²) in [6.45, 7) is 5.01. The predicted molar refractivity (Wildman–Crippen MR) is 116 cm³/mol. The standard InChI is InChI=1S/C21H20N6O2S/c1-14(25-28)15-2-5-20-23-24-21(27(20)13-15)30-18-3-4-19-16(11-18)10-17(12-22-19)26-6-8-29-9-7-26/h2-5,10-13,28H,6-9H2,1H3. The molecule has 1 saturated heterocycles. The Bertz CT molecular complexity index is 1250. The van der Waals surface area contributed by atoms with Gasteiger partial charge in [-0.25, -0.2) is 0 Å². The predicted octanol–water partition coefficient (Wildman–Crippen LogP) is 3.46. The Labute approximate surface area is 177 Å². The van der Waals surface area contributed by atoms with Gasteiger partial charge in [0.15, 0.2) is 10.8 Å². The molecule has 1 fully saturated rings. The van der Waals surface area contributed by atoms with E-state index in [9.17, 15) is 0 Å². The van der Waals surface area contributed by atoms with Gasteiger partial charge in [0.2, 0.25) is 0 Å². The van der Waals surface area contributed by atoms with E-state index >= 15 is 0 Å². The summed E-state index contributed by atoms with van der Waals surface area (Å²) in [7, 11) is 0. The van der Waals surface area contributed by atoms with Crippen LogP contribution in [0.4, 0.5) is 5.69 Å². The fourth-order valence-corrected chi connectivity index (χ4v) is 4.33. The first-order chi connectivity index (χ1) is 14.7. The van der Waals surface area contributed by atoms with Crippen LogP contribution in [0.3, 0.4) is 0 Å². The molecule has 0 radical (unpaired) electrons. The molecular weight excluding hydrogens is 400 g/mol. The first-order valence-corrected chi connectivity index (χ1v) is 10.5. The second-order valence-electron chi connectivity index (χ2n) is 7.06. The van der Waals surface area contributed by atoms with Crippen LogP contribution >= 0.6 is 11.8 Å². The van der Waals surface area contributed by atoms with E-state index in [2.05, 4.69) is 37.4 Å². The van der Waals surface area contributed by atoms with Crippen molar-refractivity contribution in [1.82, 2.24) is 19.6 Å². The summed E-state index contributed by atoms with van der Waals surface area (Å²) >= 11 is 1.53. The molecule has 30 heavy (non-hydrogen) atoms. The van der Waals surface area contributed by atoms with Gasteiger partial charge in [-0.2, -0.15) is 0 Å². The summed E-state index contributed by atoms with van der Waals surface area (Å²) in [5, 5.41) is 22.7. The van der Waals surface area contributed by atoms with Crippen molar-refractivity contribution >= 4 is 39.7 Å². The maximum absolute atomic E-state index is 9.06. The molecule has 5 rings (SSSR count). The van der Waals surface area contributed by atoms with E-state index in [1.807, 2.05) is 41.1 Å². The van der Waals surface area contributed by atoms with Crippen molar-refractivity contribution < 1.29 is 9.94 Å². The lowest BCUT2D eigenvalue weighted by atomic mass is 10.2. The summed E-state index contributed by atoms with van der Waals surface area (Å²) in [4.78, 5) is 7.97. The number of pyridine rings is 2. The molecule has 152 valence electrons. The third-order valence-corrected chi connectivity index (χ3v) is 6.11. The number of aromatic nitrogens is 4. The second kappa shape index (κ2) is 7.92. The van der Waals surface area contributed by atoms with Crippen LogP contribution in [-0.4, -0.2) is 56.8 Å².